The lowest BCUT2D eigenvalue weighted by atomic mass is 9.65. The van der Waals surface area contributed by atoms with Gasteiger partial charge in [-0.05, 0) is 44.9 Å². The van der Waals surface area contributed by atoms with Crippen LogP contribution >= 0.6 is 0 Å². The molecule has 1 aliphatic carbocycles. The highest BCUT2D eigenvalue weighted by molar-refractivity contribution is 5.96. The van der Waals surface area contributed by atoms with Crippen molar-refractivity contribution in [3.05, 3.63) is 47.7 Å². The van der Waals surface area contributed by atoms with E-state index in [4.69, 9.17) is 4.74 Å². The summed E-state index contributed by atoms with van der Waals surface area (Å²) in [7, 11) is 1.82. The van der Waals surface area contributed by atoms with Gasteiger partial charge >= 0.3 is 0 Å². The van der Waals surface area contributed by atoms with E-state index in [1.807, 2.05) is 13.1 Å². The van der Waals surface area contributed by atoms with Crippen LogP contribution in [0.3, 0.4) is 0 Å². The summed E-state index contributed by atoms with van der Waals surface area (Å²) in [6.07, 6.45) is 16.8. The second kappa shape index (κ2) is 8.14. The molecule has 2 saturated heterocycles. The second-order valence-corrected chi connectivity index (χ2v) is 10.4. The van der Waals surface area contributed by atoms with E-state index in [-0.39, 0.29) is 22.5 Å². The highest BCUT2D eigenvalue weighted by Gasteiger charge is 2.61. The summed E-state index contributed by atoms with van der Waals surface area (Å²) < 4.78 is 6.42. The lowest BCUT2D eigenvalue weighted by Crippen LogP contribution is -2.37. The van der Waals surface area contributed by atoms with Gasteiger partial charge in [-0.2, -0.15) is 0 Å². The highest BCUT2D eigenvalue weighted by Crippen LogP contribution is 2.59. The van der Waals surface area contributed by atoms with Crippen molar-refractivity contribution in [2.24, 2.45) is 17.3 Å². The largest absolute Gasteiger partial charge is 0.393 e. The fourth-order valence-electron chi connectivity index (χ4n) is 4.95. The van der Waals surface area contributed by atoms with Gasteiger partial charge in [0.1, 0.15) is 0 Å². The topological polar surface area (TPSA) is 50.4 Å². The molecule has 2 fully saturated rings. The van der Waals surface area contributed by atoms with E-state index in [9.17, 15) is 4.79 Å². The Labute approximate surface area is 176 Å². The van der Waals surface area contributed by atoms with Gasteiger partial charge in [-0.1, -0.05) is 56.7 Å². The summed E-state index contributed by atoms with van der Waals surface area (Å²) >= 11 is 0. The van der Waals surface area contributed by atoms with Crippen LogP contribution in [0.1, 0.15) is 60.3 Å². The Balaban J connectivity index is 1.54. The molecule has 160 valence electrons. The Morgan fingerprint density at radius 3 is 2.59 bits per heavy atom. The number of ether oxygens (including phenoxy) is 1. The first-order valence-electron chi connectivity index (χ1n) is 11.0. The minimum atomic E-state index is -0.0366. The molecule has 0 aromatic carbocycles. The average Bonchev–Trinajstić information content (AvgIpc) is 3.07. The second-order valence-electron chi connectivity index (χ2n) is 10.4. The maximum Gasteiger partial charge on any atom is 0.252 e. The highest BCUT2D eigenvalue weighted by atomic mass is 16.5. The maximum atomic E-state index is 12.6. The van der Waals surface area contributed by atoms with Crippen molar-refractivity contribution < 1.29 is 9.53 Å². The molecule has 4 unspecified atom stereocenters. The van der Waals surface area contributed by atoms with E-state index in [1.54, 1.807) is 6.20 Å². The zero-order valence-corrected chi connectivity index (χ0v) is 19.0. The number of carbonyl (C=O) groups excluding carboxylic acids is 1. The Kier molecular flexibility index (Phi) is 6.14. The third-order valence-corrected chi connectivity index (χ3v) is 6.58. The normalized spacial score (nSPS) is 33.7. The number of amides is 1. The molecule has 4 nitrogen and oxygen atoms in total. The van der Waals surface area contributed by atoms with E-state index in [2.05, 4.69) is 69.6 Å². The molecule has 4 heteroatoms. The predicted molar refractivity (Wildman–Crippen MR) is 119 cm³/mol. The molecular weight excluding hydrogens is 360 g/mol. The summed E-state index contributed by atoms with van der Waals surface area (Å²) in [6.45, 7) is 11.7. The zero-order chi connectivity index (χ0) is 21.3. The summed E-state index contributed by atoms with van der Waals surface area (Å²) in [5.41, 5.74) is 2.14. The fourth-order valence-corrected chi connectivity index (χ4v) is 4.95. The van der Waals surface area contributed by atoms with Gasteiger partial charge in [-0.15, -0.1) is 0 Å². The quantitative estimate of drug-likeness (QED) is 0.484. The van der Waals surface area contributed by atoms with Crippen molar-refractivity contribution in [1.82, 2.24) is 10.6 Å². The summed E-state index contributed by atoms with van der Waals surface area (Å²) in [4.78, 5) is 12.6. The van der Waals surface area contributed by atoms with Crippen LogP contribution in [0.15, 0.2) is 47.7 Å². The first kappa shape index (κ1) is 21.9. The molecule has 3 aliphatic rings. The third-order valence-electron chi connectivity index (χ3n) is 6.58. The van der Waals surface area contributed by atoms with Gasteiger partial charge in [0.2, 0.25) is 0 Å². The fraction of sp³-hybridized carbons (Fsp3) is 0.640. The molecule has 2 N–H and O–H groups in total. The summed E-state index contributed by atoms with van der Waals surface area (Å²) in [6, 6.07) is 0. The maximum absolute atomic E-state index is 12.6. The van der Waals surface area contributed by atoms with Crippen LogP contribution in [-0.4, -0.2) is 30.7 Å². The first-order valence-corrected chi connectivity index (χ1v) is 11.0. The van der Waals surface area contributed by atoms with Crippen LogP contribution in [0.25, 0.3) is 0 Å². The Morgan fingerprint density at radius 1 is 1.24 bits per heavy atom. The minimum Gasteiger partial charge on any atom is -0.393 e. The van der Waals surface area contributed by atoms with Gasteiger partial charge < -0.3 is 15.4 Å². The third kappa shape index (κ3) is 4.85. The summed E-state index contributed by atoms with van der Waals surface area (Å²) in [5.74, 6) is 0.903. The van der Waals surface area contributed by atoms with Crippen LogP contribution in [0.2, 0.25) is 0 Å². The van der Waals surface area contributed by atoms with E-state index >= 15 is 0 Å². The standard InChI is InChI=1S/C25H38N2O2/c1-23(2,3)12-7-8-19(17-26-6)22(28)27-15-11-18-9-10-20-21(16-18)25(5)14-13-24(20,4)29-25/h7-10,16-17,20-21,26H,11-15H2,1-6H3,(H,27,28)/b8-7-,19-17+. The first-order chi connectivity index (χ1) is 13.6. The molecule has 3 rings (SSSR count). The van der Waals surface area contributed by atoms with E-state index in [0.717, 1.165) is 25.7 Å². The molecule has 0 aromatic heterocycles. The van der Waals surface area contributed by atoms with Crippen molar-refractivity contribution in [3.8, 4) is 0 Å². The number of nitrogens with one attached hydrogen (secondary N) is 2. The SMILES string of the molecule is CN/C=C(\C=C/CC(C)(C)C)C(=O)NCCC1=CC2C(C=C1)C1(C)CCC2(C)O1. The van der Waals surface area contributed by atoms with Gasteiger partial charge in [0.05, 0.1) is 16.8 Å². The minimum absolute atomic E-state index is 0.00159. The Morgan fingerprint density at radius 2 is 1.93 bits per heavy atom. The van der Waals surface area contributed by atoms with Crippen molar-refractivity contribution in [2.45, 2.75) is 71.5 Å². The molecule has 0 saturated carbocycles. The van der Waals surface area contributed by atoms with Crippen molar-refractivity contribution >= 4 is 5.91 Å². The smallest absolute Gasteiger partial charge is 0.252 e. The molecular formula is C25H38N2O2. The van der Waals surface area contributed by atoms with Crippen molar-refractivity contribution in [3.63, 3.8) is 0 Å². The molecule has 4 atom stereocenters. The van der Waals surface area contributed by atoms with E-state index < -0.39 is 0 Å². The monoisotopic (exact) mass is 398 g/mol. The molecule has 0 radical (unpaired) electrons. The molecule has 29 heavy (non-hydrogen) atoms. The average molecular weight is 399 g/mol. The molecule has 2 bridgehead atoms. The number of hydrogen-bond acceptors (Lipinski definition) is 3. The van der Waals surface area contributed by atoms with Crippen LogP contribution in [-0.2, 0) is 9.53 Å². The van der Waals surface area contributed by atoms with Crippen LogP contribution in [0.4, 0.5) is 0 Å². The predicted octanol–water partition coefficient (Wildman–Crippen LogP) is 4.66. The van der Waals surface area contributed by atoms with Crippen LogP contribution < -0.4 is 10.6 Å². The van der Waals surface area contributed by atoms with E-state index in [0.29, 0.717) is 24.0 Å². The van der Waals surface area contributed by atoms with E-state index in [1.165, 1.54) is 5.57 Å². The van der Waals surface area contributed by atoms with Gasteiger partial charge in [-0.25, -0.2) is 0 Å². The molecule has 2 aliphatic heterocycles. The molecule has 0 spiro atoms. The van der Waals surface area contributed by atoms with Crippen molar-refractivity contribution in [1.29, 1.82) is 0 Å². The van der Waals surface area contributed by atoms with Crippen LogP contribution in [0, 0.1) is 17.3 Å². The Bertz CT molecular complexity index is 755. The van der Waals surface area contributed by atoms with Crippen molar-refractivity contribution in [2.75, 3.05) is 13.6 Å². The number of hydrogen-bond donors (Lipinski definition) is 2. The number of rotatable bonds is 7. The van der Waals surface area contributed by atoms with Crippen LogP contribution in [0.5, 0.6) is 0 Å². The van der Waals surface area contributed by atoms with Gasteiger partial charge in [0, 0.05) is 31.6 Å². The molecule has 0 aromatic rings. The molecule has 1 amide bonds. The number of allylic oxidation sites excluding steroid dienone is 2. The zero-order valence-electron chi connectivity index (χ0n) is 19.0. The molecule has 2 heterocycles. The van der Waals surface area contributed by atoms with Gasteiger partial charge in [-0.3, -0.25) is 4.79 Å². The Hall–Kier alpha value is -1.81. The lowest BCUT2D eigenvalue weighted by Gasteiger charge is -2.35. The summed E-state index contributed by atoms with van der Waals surface area (Å²) in [5, 5.41) is 6.04. The number of carbonyl (C=O) groups is 1. The lowest BCUT2D eigenvalue weighted by molar-refractivity contribution is -0.117. The number of fused-ring (bicyclic) bond motifs is 5. The van der Waals surface area contributed by atoms with Gasteiger partial charge in [0.25, 0.3) is 5.91 Å². The van der Waals surface area contributed by atoms with Gasteiger partial charge in [0.15, 0.2) is 0 Å².